The lowest BCUT2D eigenvalue weighted by Crippen LogP contribution is -2.60. The van der Waals surface area contributed by atoms with E-state index < -0.39 is 47.2 Å². The molecule has 0 aliphatic carbocycles. The topological polar surface area (TPSA) is 160 Å². The fraction of sp³-hybridized carbons (Fsp3) is 0.406. The van der Waals surface area contributed by atoms with E-state index in [-0.39, 0.29) is 41.7 Å². The fourth-order valence-corrected chi connectivity index (χ4v) is 6.63. The highest BCUT2D eigenvalue weighted by molar-refractivity contribution is 7.99. The number of nitrogens with two attached hydrogens (primary N) is 2. The Morgan fingerprint density at radius 1 is 1.15 bits per heavy atom. The van der Waals surface area contributed by atoms with Gasteiger partial charge in [-0.3, -0.25) is 29.1 Å². The van der Waals surface area contributed by atoms with Crippen LogP contribution in [0, 0.1) is 5.82 Å². The van der Waals surface area contributed by atoms with Gasteiger partial charge in [0.2, 0.25) is 6.41 Å². The smallest absolute Gasteiger partial charge is 0.394 e. The van der Waals surface area contributed by atoms with E-state index in [0.29, 0.717) is 55.9 Å². The Hall–Kier alpha value is -4.44. The summed E-state index contributed by atoms with van der Waals surface area (Å²) < 4.78 is 59.9. The molecule has 0 bridgehead atoms. The molecule has 258 valence electrons. The first-order valence-electron chi connectivity index (χ1n) is 15.1. The second-order valence-electron chi connectivity index (χ2n) is 11.0. The van der Waals surface area contributed by atoms with Crippen LogP contribution < -0.4 is 16.8 Å². The Morgan fingerprint density at radius 2 is 1.81 bits per heavy atom. The summed E-state index contributed by atoms with van der Waals surface area (Å²) in [6.45, 7) is 3.16. The maximum atomic E-state index is 14.2. The van der Waals surface area contributed by atoms with Crippen molar-refractivity contribution >= 4 is 41.7 Å². The fourth-order valence-electron chi connectivity index (χ4n) is 5.68. The van der Waals surface area contributed by atoms with Crippen molar-refractivity contribution < 1.29 is 41.5 Å². The van der Waals surface area contributed by atoms with Crippen molar-refractivity contribution in [1.29, 1.82) is 0 Å². The van der Waals surface area contributed by atoms with Crippen LogP contribution in [0.2, 0.25) is 0 Å². The first-order valence-corrected chi connectivity index (χ1v) is 16.3. The van der Waals surface area contributed by atoms with Crippen LogP contribution in [0.3, 0.4) is 0 Å². The van der Waals surface area contributed by atoms with Gasteiger partial charge in [0, 0.05) is 49.1 Å². The van der Waals surface area contributed by atoms with Crippen LogP contribution >= 0.6 is 11.8 Å². The predicted molar refractivity (Wildman–Crippen MR) is 171 cm³/mol. The van der Waals surface area contributed by atoms with Gasteiger partial charge >= 0.3 is 6.18 Å². The predicted octanol–water partition coefficient (Wildman–Crippen LogP) is 3.01. The number of piperidine rings is 1. The molecule has 5 rings (SSSR count). The van der Waals surface area contributed by atoms with Gasteiger partial charge in [-0.1, -0.05) is 18.2 Å². The number of amides is 4. The summed E-state index contributed by atoms with van der Waals surface area (Å²) in [4.78, 5) is 57.9. The SMILES string of the molecule is CCN1C(=O)C(NC(=O)c2cccc(C(F)(F)F)c2)C(c2ccc(F)cc2)/C(=C(/N)C(=O)N2CCSC2)C1=NC1CCOCC1.NC=O. The van der Waals surface area contributed by atoms with Gasteiger partial charge in [-0.05, 0) is 55.7 Å². The Labute approximate surface area is 278 Å². The molecule has 0 radical (unpaired) electrons. The van der Waals surface area contributed by atoms with Crippen molar-refractivity contribution in [2.24, 2.45) is 16.5 Å². The van der Waals surface area contributed by atoms with Crippen LogP contribution in [0.1, 0.15) is 47.2 Å². The molecule has 48 heavy (non-hydrogen) atoms. The van der Waals surface area contributed by atoms with E-state index in [1.54, 1.807) is 23.6 Å². The zero-order valence-electron chi connectivity index (χ0n) is 26.0. The number of primary amides is 1. The van der Waals surface area contributed by atoms with E-state index in [9.17, 15) is 31.9 Å². The van der Waals surface area contributed by atoms with Crippen molar-refractivity contribution in [3.8, 4) is 0 Å². The van der Waals surface area contributed by atoms with Crippen LogP contribution in [0.4, 0.5) is 17.6 Å². The van der Waals surface area contributed by atoms with Crippen LogP contribution in [-0.2, 0) is 25.3 Å². The van der Waals surface area contributed by atoms with Gasteiger partial charge in [-0.25, -0.2) is 4.39 Å². The molecule has 0 spiro atoms. The van der Waals surface area contributed by atoms with Gasteiger partial charge in [0.25, 0.3) is 17.7 Å². The zero-order valence-corrected chi connectivity index (χ0v) is 26.9. The van der Waals surface area contributed by atoms with Gasteiger partial charge in [-0.2, -0.15) is 13.2 Å². The molecule has 2 unspecified atom stereocenters. The van der Waals surface area contributed by atoms with E-state index in [1.165, 1.54) is 35.2 Å². The van der Waals surface area contributed by atoms with Crippen LogP contribution in [0.15, 0.2) is 64.8 Å². The number of hydrogen-bond donors (Lipinski definition) is 3. The molecule has 5 N–H and O–H groups in total. The van der Waals surface area contributed by atoms with E-state index in [4.69, 9.17) is 20.3 Å². The number of benzene rings is 2. The summed E-state index contributed by atoms with van der Waals surface area (Å²) in [5.74, 6) is -2.39. The number of nitrogens with zero attached hydrogens (tertiary/aromatic N) is 3. The molecule has 0 aromatic heterocycles. The summed E-state index contributed by atoms with van der Waals surface area (Å²) in [6.07, 6.45) is -3.31. The third-order valence-electron chi connectivity index (χ3n) is 8.01. The van der Waals surface area contributed by atoms with Crippen molar-refractivity contribution in [1.82, 2.24) is 15.1 Å². The molecule has 11 nitrogen and oxygen atoms in total. The highest BCUT2D eigenvalue weighted by atomic mass is 32.2. The number of nitrogens with one attached hydrogen (secondary N) is 1. The lowest BCUT2D eigenvalue weighted by atomic mass is 9.78. The Balaban J connectivity index is 0.00000167. The molecule has 2 atom stereocenters. The number of carbonyl (C=O) groups is 4. The monoisotopic (exact) mass is 692 g/mol. The number of aliphatic imine (C=N–C) groups is 1. The normalized spacial score (nSPS) is 22.2. The van der Waals surface area contributed by atoms with Crippen molar-refractivity contribution in [3.05, 3.63) is 82.3 Å². The molecule has 0 saturated carbocycles. The first-order chi connectivity index (χ1) is 22.9. The number of rotatable bonds is 6. The molecule has 16 heteroatoms. The molecular formula is C32H36F4N6O5S. The third kappa shape index (κ3) is 8.34. The molecule has 4 amide bonds. The Bertz CT molecular complexity index is 1560. The maximum Gasteiger partial charge on any atom is 0.416 e. The minimum absolute atomic E-state index is 0.0947. The zero-order chi connectivity index (χ0) is 35.0. The summed E-state index contributed by atoms with van der Waals surface area (Å²) in [6, 6.07) is 7.39. The minimum atomic E-state index is -4.69. The standard InChI is InChI=1S/C31H33F4N5O4S.CH3NO/c1-2-40-27(37-22-10-13-44-14-11-22)24(25(36)29(42)39-12-15-45-17-39)23(18-6-8-21(32)9-7-18)26(30(40)43)38-28(41)19-4-3-5-20(16-19)31(33,34)35;2-1-3/h3-9,16,22-23,26H,2,10-15,17,36H2,1H3,(H,38,41);1H,(H2,2,3)/b25-24-,37-27?;. The Morgan fingerprint density at radius 3 is 2.40 bits per heavy atom. The van der Waals surface area contributed by atoms with Gasteiger partial charge in [0.05, 0.1) is 17.5 Å². The molecule has 2 aromatic carbocycles. The van der Waals surface area contributed by atoms with Gasteiger partial charge in [0.1, 0.15) is 23.4 Å². The summed E-state index contributed by atoms with van der Waals surface area (Å²) in [7, 11) is 0. The van der Waals surface area contributed by atoms with E-state index >= 15 is 0 Å². The molecule has 3 heterocycles. The van der Waals surface area contributed by atoms with Gasteiger partial charge < -0.3 is 26.4 Å². The molecule has 3 aliphatic heterocycles. The summed E-state index contributed by atoms with van der Waals surface area (Å²) in [5.41, 5.74) is 9.87. The molecule has 3 saturated heterocycles. The summed E-state index contributed by atoms with van der Waals surface area (Å²) in [5, 5.41) is 2.62. The number of likely N-dealkylation sites (N-methyl/N-ethyl adjacent to an activating group) is 1. The lowest BCUT2D eigenvalue weighted by Gasteiger charge is -2.42. The van der Waals surface area contributed by atoms with E-state index in [1.807, 2.05) is 0 Å². The van der Waals surface area contributed by atoms with Crippen molar-refractivity contribution in [2.45, 2.75) is 43.9 Å². The van der Waals surface area contributed by atoms with Crippen molar-refractivity contribution in [2.75, 3.05) is 37.9 Å². The lowest BCUT2D eigenvalue weighted by molar-refractivity contribution is -0.137. The molecule has 3 aliphatic rings. The number of alkyl halides is 3. The highest BCUT2D eigenvalue weighted by Gasteiger charge is 2.47. The van der Waals surface area contributed by atoms with Gasteiger partial charge in [-0.15, -0.1) is 11.8 Å². The van der Waals surface area contributed by atoms with E-state index in [2.05, 4.69) is 11.1 Å². The average Bonchev–Trinajstić information content (AvgIpc) is 3.62. The minimum Gasteiger partial charge on any atom is -0.394 e. The Kier molecular flexibility index (Phi) is 12.2. The summed E-state index contributed by atoms with van der Waals surface area (Å²) >= 11 is 1.56. The number of thioether (sulfide) groups is 1. The first kappa shape index (κ1) is 36.4. The largest absolute Gasteiger partial charge is 0.416 e. The molecular weight excluding hydrogens is 656 g/mol. The van der Waals surface area contributed by atoms with E-state index in [0.717, 1.165) is 12.1 Å². The maximum absolute atomic E-state index is 14.2. The number of hydrogen-bond acceptors (Lipinski definition) is 8. The van der Waals surface area contributed by atoms with Crippen molar-refractivity contribution in [3.63, 3.8) is 0 Å². The number of amidine groups is 1. The van der Waals surface area contributed by atoms with Crippen LogP contribution in [-0.4, -0.2) is 89.8 Å². The highest BCUT2D eigenvalue weighted by Crippen LogP contribution is 2.38. The second-order valence-corrected chi connectivity index (χ2v) is 12.1. The number of halogens is 4. The average molecular weight is 693 g/mol. The second kappa shape index (κ2) is 16.1. The molecule has 2 aromatic rings. The number of ether oxygens (including phenoxy) is 1. The quantitative estimate of drug-likeness (QED) is 0.238. The number of carbonyl (C=O) groups excluding carboxylic acids is 4. The van der Waals surface area contributed by atoms with Gasteiger partial charge in [0.15, 0.2) is 0 Å². The van der Waals surface area contributed by atoms with Crippen LogP contribution in [0.5, 0.6) is 0 Å². The van der Waals surface area contributed by atoms with Crippen LogP contribution in [0.25, 0.3) is 0 Å². The third-order valence-corrected chi connectivity index (χ3v) is 8.98. The number of likely N-dealkylation sites (tertiary alicyclic amines) is 1. The molecule has 3 fully saturated rings.